The highest BCUT2D eigenvalue weighted by Gasteiger charge is 2.48. The van der Waals surface area contributed by atoms with Crippen LogP contribution in [0.5, 0.6) is 11.5 Å². The van der Waals surface area contributed by atoms with E-state index in [1.54, 1.807) is 24.3 Å². The summed E-state index contributed by atoms with van der Waals surface area (Å²) in [5.74, 6) is -0.713. The van der Waals surface area contributed by atoms with Crippen LogP contribution < -0.4 is 10.1 Å². The standard InChI is InChI=1S/C17H15NO4/c19-16(14-10-15(14)17(20)21)18-11-6-8-13(9-7-11)22-12-4-2-1-3-5-12/h1-9,14-15H,10H2,(H,18,19)(H,20,21)/t14-,15+/m0/s1. The number of para-hydroxylation sites is 1. The van der Waals surface area contributed by atoms with Crippen LogP contribution >= 0.6 is 0 Å². The van der Waals surface area contributed by atoms with E-state index in [1.807, 2.05) is 30.3 Å². The summed E-state index contributed by atoms with van der Waals surface area (Å²) in [4.78, 5) is 22.6. The Morgan fingerprint density at radius 2 is 1.59 bits per heavy atom. The Balaban J connectivity index is 1.58. The zero-order valence-electron chi connectivity index (χ0n) is 11.7. The van der Waals surface area contributed by atoms with Crippen LogP contribution in [-0.2, 0) is 9.59 Å². The molecule has 2 aromatic rings. The molecule has 1 aliphatic carbocycles. The van der Waals surface area contributed by atoms with Crippen molar-refractivity contribution in [3.63, 3.8) is 0 Å². The molecule has 0 saturated heterocycles. The van der Waals surface area contributed by atoms with Crippen molar-refractivity contribution in [2.75, 3.05) is 5.32 Å². The van der Waals surface area contributed by atoms with Gasteiger partial charge in [0.25, 0.3) is 0 Å². The molecule has 22 heavy (non-hydrogen) atoms. The minimum atomic E-state index is -0.910. The van der Waals surface area contributed by atoms with Crippen LogP contribution in [0.1, 0.15) is 6.42 Å². The molecule has 5 nitrogen and oxygen atoms in total. The molecule has 3 rings (SSSR count). The van der Waals surface area contributed by atoms with Crippen molar-refractivity contribution in [1.82, 2.24) is 0 Å². The molecule has 2 atom stereocenters. The molecule has 112 valence electrons. The van der Waals surface area contributed by atoms with Crippen molar-refractivity contribution in [2.45, 2.75) is 6.42 Å². The van der Waals surface area contributed by atoms with Crippen LogP contribution in [0, 0.1) is 11.8 Å². The van der Waals surface area contributed by atoms with Gasteiger partial charge in [-0.2, -0.15) is 0 Å². The van der Waals surface area contributed by atoms with E-state index in [9.17, 15) is 9.59 Å². The van der Waals surface area contributed by atoms with E-state index in [-0.39, 0.29) is 5.91 Å². The van der Waals surface area contributed by atoms with Gasteiger partial charge < -0.3 is 15.2 Å². The largest absolute Gasteiger partial charge is 0.481 e. The molecule has 2 N–H and O–H groups in total. The number of aliphatic carboxylic acids is 1. The zero-order valence-corrected chi connectivity index (χ0v) is 11.7. The van der Waals surface area contributed by atoms with Crippen molar-refractivity contribution in [1.29, 1.82) is 0 Å². The SMILES string of the molecule is O=C(Nc1ccc(Oc2ccccc2)cc1)[C@H]1C[C@H]1C(=O)O. The third-order valence-corrected chi connectivity index (χ3v) is 3.55. The second-order valence-corrected chi connectivity index (χ2v) is 5.22. The second-order valence-electron chi connectivity index (χ2n) is 5.22. The third kappa shape index (κ3) is 3.25. The molecule has 0 spiro atoms. The highest BCUT2D eigenvalue weighted by Crippen LogP contribution is 2.39. The number of ether oxygens (including phenoxy) is 1. The maximum atomic E-state index is 11.9. The normalized spacial score (nSPS) is 19.3. The van der Waals surface area contributed by atoms with Crippen LogP contribution in [0.3, 0.4) is 0 Å². The van der Waals surface area contributed by atoms with E-state index in [0.29, 0.717) is 17.9 Å². The highest BCUT2D eigenvalue weighted by molar-refractivity contribution is 5.98. The van der Waals surface area contributed by atoms with E-state index in [4.69, 9.17) is 9.84 Å². The average Bonchev–Trinajstić information content (AvgIpc) is 3.31. The number of benzene rings is 2. The van der Waals surface area contributed by atoms with Crippen LogP contribution in [0.15, 0.2) is 54.6 Å². The second kappa shape index (κ2) is 5.89. The Hall–Kier alpha value is -2.82. The number of carboxylic acid groups (broad SMARTS) is 1. The van der Waals surface area contributed by atoms with Gasteiger partial charge in [-0.05, 0) is 42.8 Å². The van der Waals surface area contributed by atoms with E-state index in [0.717, 1.165) is 5.75 Å². The average molecular weight is 297 g/mol. The molecule has 0 bridgehead atoms. The van der Waals surface area contributed by atoms with Gasteiger partial charge in [0.05, 0.1) is 11.8 Å². The number of anilines is 1. The first-order valence-corrected chi connectivity index (χ1v) is 7.00. The van der Waals surface area contributed by atoms with Crippen molar-refractivity contribution in [3.05, 3.63) is 54.6 Å². The maximum Gasteiger partial charge on any atom is 0.307 e. The first-order valence-electron chi connectivity index (χ1n) is 7.00. The topological polar surface area (TPSA) is 75.6 Å². The molecule has 0 radical (unpaired) electrons. The summed E-state index contributed by atoms with van der Waals surface area (Å²) >= 11 is 0. The van der Waals surface area contributed by atoms with Crippen molar-refractivity contribution in [2.24, 2.45) is 11.8 Å². The molecular formula is C17H15NO4. The number of carbonyl (C=O) groups is 2. The summed E-state index contributed by atoms with van der Waals surface area (Å²) in [7, 11) is 0. The number of carbonyl (C=O) groups excluding carboxylic acids is 1. The minimum absolute atomic E-state index is 0.246. The third-order valence-electron chi connectivity index (χ3n) is 3.55. The predicted molar refractivity (Wildman–Crippen MR) is 80.8 cm³/mol. The van der Waals surface area contributed by atoms with E-state index in [2.05, 4.69) is 5.32 Å². The van der Waals surface area contributed by atoms with Crippen molar-refractivity contribution < 1.29 is 19.4 Å². The fraction of sp³-hybridized carbons (Fsp3) is 0.176. The lowest BCUT2D eigenvalue weighted by Crippen LogP contribution is -2.16. The molecule has 1 amide bonds. The number of carboxylic acids is 1. The molecule has 0 heterocycles. The van der Waals surface area contributed by atoms with Gasteiger partial charge in [-0.1, -0.05) is 18.2 Å². The molecular weight excluding hydrogens is 282 g/mol. The Kier molecular flexibility index (Phi) is 3.78. The summed E-state index contributed by atoms with van der Waals surface area (Å²) in [5.41, 5.74) is 0.626. The molecule has 1 fully saturated rings. The van der Waals surface area contributed by atoms with E-state index in [1.165, 1.54) is 0 Å². The first kappa shape index (κ1) is 14.1. The molecule has 5 heteroatoms. The molecule has 1 saturated carbocycles. The monoisotopic (exact) mass is 297 g/mol. The number of hydrogen-bond donors (Lipinski definition) is 2. The lowest BCUT2D eigenvalue weighted by molar-refractivity contribution is -0.139. The molecule has 2 aromatic carbocycles. The van der Waals surface area contributed by atoms with Crippen LogP contribution in [-0.4, -0.2) is 17.0 Å². The van der Waals surface area contributed by atoms with E-state index < -0.39 is 17.8 Å². The summed E-state index contributed by atoms with van der Waals surface area (Å²) < 4.78 is 5.66. The lowest BCUT2D eigenvalue weighted by atomic mass is 10.2. The van der Waals surface area contributed by atoms with Crippen LogP contribution in [0.25, 0.3) is 0 Å². The van der Waals surface area contributed by atoms with E-state index >= 15 is 0 Å². The van der Waals surface area contributed by atoms with Gasteiger partial charge in [-0.3, -0.25) is 9.59 Å². The Morgan fingerprint density at radius 3 is 2.18 bits per heavy atom. The number of hydrogen-bond acceptors (Lipinski definition) is 3. The first-order chi connectivity index (χ1) is 10.6. The van der Waals surface area contributed by atoms with Crippen molar-refractivity contribution >= 4 is 17.6 Å². The van der Waals surface area contributed by atoms with Crippen LogP contribution in [0.4, 0.5) is 5.69 Å². The van der Waals surface area contributed by atoms with Crippen molar-refractivity contribution in [3.8, 4) is 11.5 Å². The number of rotatable bonds is 5. The smallest absolute Gasteiger partial charge is 0.307 e. The number of nitrogens with one attached hydrogen (secondary N) is 1. The summed E-state index contributed by atoms with van der Waals surface area (Å²) in [6, 6.07) is 16.4. The summed E-state index contributed by atoms with van der Waals surface area (Å²) in [6.45, 7) is 0. The van der Waals surface area contributed by atoms with Gasteiger partial charge in [-0.25, -0.2) is 0 Å². The summed E-state index contributed by atoms with van der Waals surface area (Å²) in [6.07, 6.45) is 0.413. The predicted octanol–water partition coefficient (Wildman–Crippen LogP) is 3.14. The zero-order chi connectivity index (χ0) is 15.5. The lowest BCUT2D eigenvalue weighted by Gasteiger charge is -2.07. The van der Waals surface area contributed by atoms with Gasteiger partial charge in [0.15, 0.2) is 0 Å². The molecule has 0 aromatic heterocycles. The number of amides is 1. The van der Waals surface area contributed by atoms with Gasteiger partial charge in [0.2, 0.25) is 5.91 Å². The fourth-order valence-corrected chi connectivity index (χ4v) is 2.22. The van der Waals surface area contributed by atoms with Gasteiger partial charge in [0.1, 0.15) is 11.5 Å². The quantitative estimate of drug-likeness (QED) is 0.889. The molecule has 0 unspecified atom stereocenters. The molecule has 1 aliphatic rings. The molecule has 0 aliphatic heterocycles. The highest BCUT2D eigenvalue weighted by atomic mass is 16.5. The van der Waals surface area contributed by atoms with Gasteiger partial charge in [-0.15, -0.1) is 0 Å². The van der Waals surface area contributed by atoms with Gasteiger partial charge in [0, 0.05) is 5.69 Å². The van der Waals surface area contributed by atoms with Gasteiger partial charge >= 0.3 is 5.97 Å². The Labute approximate surface area is 127 Å². The fourth-order valence-electron chi connectivity index (χ4n) is 2.22. The minimum Gasteiger partial charge on any atom is -0.481 e. The van der Waals surface area contributed by atoms with Crippen LogP contribution in [0.2, 0.25) is 0 Å². The maximum absolute atomic E-state index is 11.9. The Morgan fingerprint density at radius 1 is 0.955 bits per heavy atom. The summed E-state index contributed by atoms with van der Waals surface area (Å²) in [5, 5.41) is 11.5. The Bertz CT molecular complexity index is 682.